The van der Waals surface area contributed by atoms with Gasteiger partial charge in [0.1, 0.15) is 11.2 Å². The molecule has 0 unspecified atom stereocenters. The Morgan fingerprint density at radius 2 is 1.95 bits per heavy atom. The first kappa shape index (κ1) is 13.4. The third-order valence-electron chi connectivity index (χ3n) is 2.73. The molecular formula is C13H10N2O5S. The van der Waals surface area contributed by atoms with Crippen molar-refractivity contribution in [2.75, 3.05) is 0 Å². The van der Waals surface area contributed by atoms with Crippen molar-refractivity contribution in [1.82, 2.24) is 10.1 Å². The molecule has 3 aromatic rings. The molecule has 0 aliphatic carbocycles. The van der Waals surface area contributed by atoms with E-state index in [9.17, 15) is 8.42 Å². The largest absolute Gasteiger partial charge is 0.442 e. The van der Waals surface area contributed by atoms with E-state index >= 15 is 0 Å². The van der Waals surface area contributed by atoms with E-state index < -0.39 is 10.1 Å². The van der Waals surface area contributed by atoms with Crippen molar-refractivity contribution in [3.05, 3.63) is 48.4 Å². The summed E-state index contributed by atoms with van der Waals surface area (Å²) in [5.41, 5.74) is 0.386. The number of rotatable bonds is 4. The Morgan fingerprint density at radius 3 is 2.62 bits per heavy atom. The van der Waals surface area contributed by atoms with Crippen molar-refractivity contribution in [2.45, 2.75) is 11.8 Å². The topological polar surface area (TPSA) is 95.4 Å². The summed E-state index contributed by atoms with van der Waals surface area (Å²) in [5, 5.41) is 3.61. The maximum Gasteiger partial charge on any atom is 0.340 e. The normalized spacial score (nSPS) is 11.5. The van der Waals surface area contributed by atoms with Gasteiger partial charge in [-0.3, -0.25) is 0 Å². The van der Waals surface area contributed by atoms with Gasteiger partial charge in [-0.15, -0.1) is 0 Å². The van der Waals surface area contributed by atoms with Crippen LogP contribution in [0.2, 0.25) is 0 Å². The molecule has 0 fully saturated rings. The predicted octanol–water partition coefficient (Wildman–Crippen LogP) is 2.41. The minimum absolute atomic E-state index is 0.0325. The highest BCUT2D eigenvalue weighted by molar-refractivity contribution is 7.87. The summed E-state index contributed by atoms with van der Waals surface area (Å²) in [6, 6.07) is 7.77. The van der Waals surface area contributed by atoms with Gasteiger partial charge < -0.3 is 13.1 Å². The summed E-state index contributed by atoms with van der Waals surface area (Å²) in [7, 11) is -3.96. The van der Waals surface area contributed by atoms with Gasteiger partial charge in [0.05, 0.1) is 11.8 Å². The van der Waals surface area contributed by atoms with E-state index in [4.69, 9.17) is 13.1 Å². The number of oxazole rings is 1. The molecule has 0 aliphatic rings. The van der Waals surface area contributed by atoms with E-state index in [-0.39, 0.29) is 22.4 Å². The number of aromatic nitrogens is 2. The third kappa shape index (κ3) is 2.52. The average Bonchev–Trinajstić information content (AvgIpc) is 3.11. The maximum atomic E-state index is 12.1. The molecule has 7 nitrogen and oxygen atoms in total. The first-order chi connectivity index (χ1) is 10.1. The summed E-state index contributed by atoms with van der Waals surface area (Å²) in [4.78, 5) is 3.94. The Morgan fingerprint density at radius 1 is 1.19 bits per heavy atom. The SMILES string of the molecule is Cc1c(OS(=O)(=O)c2ccccc2)noc1-c1ncco1. The van der Waals surface area contributed by atoms with Crippen LogP contribution in [0.1, 0.15) is 5.56 Å². The second-order valence-electron chi connectivity index (χ2n) is 4.13. The van der Waals surface area contributed by atoms with Crippen LogP contribution < -0.4 is 4.18 Å². The van der Waals surface area contributed by atoms with E-state index in [0.717, 1.165) is 0 Å². The molecule has 0 saturated heterocycles. The van der Waals surface area contributed by atoms with Crippen molar-refractivity contribution in [2.24, 2.45) is 0 Å². The van der Waals surface area contributed by atoms with Crippen LogP contribution in [0.3, 0.4) is 0 Å². The molecule has 21 heavy (non-hydrogen) atoms. The van der Waals surface area contributed by atoms with Gasteiger partial charge in [0.15, 0.2) is 0 Å². The second-order valence-corrected chi connectivity index (χ2v) is 5.68. The summed E-state index contributed by atoms with van der Waals surface area (Å²) in [6.45, 7) is 1.60. The molecule has 2 heterocycles. The molecule has 0 aliphatic heterocycles. The van der Waals surface area contributed by atoms with Crippen LogP contribution in [0.5, 0.6) is 5.88 Å². The fourth-order valence-electron chi connectivity index (χ4n) is 1.67. The lowest BCUT2D eigenvalue weighted by Crippen LogP contribution is -2.10. The van der Waals surface area contributed by atoms with Gasteiger partial charge in [-0.05, 0) is 24.2 Å². The maximum absolute atomic E-state index is 12.1. The van der Waals surface area contributed by atoms with Gasteiger partial charge in [0.2, 0.25) is 5.76 Å². The molecule has 0 saturated carbocycles. The Labute approximate surface area is 120 Å². The molecule has 0 atom stereocenters. The monoisotopic (exact) mass is 306 g/mol. The summed E-state index contributed by atoms with van der Waals surface area (Å²) >= 11 is 0. The molecule has 3 rings (SSSR count). The molecule has 0 bridgehead atoms. The number of benzene rings is 1. The minimum Gasteiger partial charge on any atom is -0.442 e. The molecule has 0 spiro atoms. The molecule has 0 N–H and O–H groups in total. The highest BCUT2D eigenvalue weighted by atomic mass is 32.2. The summed E-state index contributed by atoms with van der Waals surface area (Å²) in [5.74, 6) is 0.275. The van der Waals surface area contributed by atoms with Gasteiger partial charge in [-0.1, -0.05) is 18.2 Å². The fourth-order valence-corrected chi connectivity index (χ4v) is 2.62. The van der Waals surface area contributed by atoms with Crippen LogP contribution in [-0.2, 0) is 10.1 Å². The van der Waals surface area contributed by atoms with Crippen molar-refractivity contribution in [3.63, 3.8) is 0 Å². The molecular weight excluding hydrogens is 296 g/mol. The lowest BCUT2D eigenvalue weighted by Gasteiger charge is -2.03. The second kappa shape index (κ2) is 5.06. The van der Waals surface area contributed by atoms with E-state index in [1.54, 1.807) is 25.1 Å². The lowest BCUT2D eigenvalue weighted by atomic mass is 10.3. The van der Waals surface area contributed by atoms with E-state index in [1.165, 1.54) is 24.6 Å². The van der Waals surface area contributed by atoms with Crippen molar-refractivity contribution >= 4 is 10.1 Å². The first-order valence-corrected chi connectivity index (χ1v) is 7.34. The molecule has 1 aromatic carbocycles. The van der Waals surface area contributed by atoms with Crippen LogP contribution in [0.15, 0.2) is 56.6 Å². The van der Waals surface area contributed by atoms with E-state index in [0.29, 0.717) is 5.56 Å². The standard InChI is InChI=1S/C13H10N2O5S/c1-9-11(13-14-7-8-18-13)19-15-12(9)20-21(16,17)10-5-3-2-4-6-10/h2-8H,1H3. The number of hydrogen-bond donors (Lipinski definition) is 0. The van der Waals surface area contributed by atoms with Crippen LogP contribution in [-0.4, -0.2) is 18.6 Å². The van der Waals surface area contributed by atoms with Crippen molar-refractivity contribution in [3.8, 4) is 17.5 Å². The van der Waals surface area contributed by atoms with Gasteiger partial charge in [0, 0.05) is 0 Å². The van der Waals surface area contributed by atoms with E-state index in [1.807, 2.05) is 0 Å². The Bertz CT molecular complexity index is 838. The number of nitrogens with zero attached hydrogens (tertiary/aromatic N) is 2. The van der Waals surface area contributed by atoms with Crippen molar-refractivity contribution in [1.29, 1.82) is 0 Å². The van der Waals surface area contributed by atoms with Gasteiger partial charge in [-0.2, -0.15) is 8.42 Å². The smallest absolute Gasteiger partial charge is 0.340 e. The van der Waals surface area contributed by atoms with Crippen LogP contribution >= 0.6 is 0 Å². The highest BCUT2D eigenvalue weighted by Crippen LogP contribution is 2.30. The van der Waals surface area contributed by atoms with Crippen molar-refractivity contribution < 1.29 is 21.5 Å². The van der Waals surface area contributed by atoms with Crippen LogP contribution in [0.25, 0.3) is 11.7 Å². The van der Waals surface area contributed by atoms with E-state index in [2.05, 4.69) is 10.1 Å². The Hall–Kier alpha value is -2.61. The third-order valence-corrected chi connectivity index (χ3v) is 3.96. The zero-order chi connectivity index (χ0) is 14.9. The van der Waals surface area contributed by atoms with Gasteiger partial charge in [-0.25, -0.2) is 4.98 Å². The summed E-state index contributed by atoms with van der Waals surface area (Å²) in [6.07, 6.45) is 2.82. The molecule has 0 amide bonds. The quantitative estimate of drug-likeness (QED) is 0.683. The van der Waals surface area contributed by atoms with Gasteiger partial charge in [0.25, 0.3) is 11.8 Å². The highest BCUT2D eigenvalue weighted by Gasteiger charge is 2.24. The predicted molar refractivity (Wildman–Crippen MR) is 71.0 cm³/mol. The Kier molecular flexibility index (Phi) is 3.22. The zero-order valence-corrected chi connectivity index (χ0v) is 11.7. The fraction of sp³-hybridized carbons (Fsp3) is 0.0769. The minimum atomic E-state index is -3.96. The zero-order valence-electron chi connectivity index (χ0n) is 10.9. The lowest BCUT2D eigenvalue weighted by molar-refractivity contribution is 0.382. The molecule has 0 radical (unpaired) electrons. The Balaban J connectivity index is 1.93. The first-order valence-electron chi connectivity index (χ1n) is 5.93. The summed E-state index contributed by atoms with van der Waals surface area (Å²) < 4.78 is 39.3. The molecule has 108 valence electrons. The van der Waals surface area contributed by atoms with Gasteiger partial charge >= 0.3 is 10.1 Å². The molecule has 2 aromatic heterocycles. The number of hydrogen-bond acceptors (Lipinski definition) is 7. The molecule has 8 heteroatoms. The average molecular weight is 306 g/mol. The van der Waals surface area contributed by atoms with Crippen LogP contribution in [0.4, 0.5) is 0 Å². The van der Waals surface area contributed by atoms with Crippen LogP contribution in [0, 0.1) is 6.92 Å².